The van der Waals surface area contributed by atoms with Gasteiger partial charge in [0.05, 0.1) is 11.0 Å². The van der Waals surface area contributed by atoms with Gasteiger partial charge in [0.25, 0.3) is 5.69 Å². The number of rotatable bonds is 3. The predicted molar refractivity (Wildman–Crippen MR) is 119 cm³/mol. The van der Waals surface area contributed by atoms with Gasteiger partial charge in [0.2, 0.25) is 11.8 Å². The second kappa shape index (κ2) is 7.82. The van der Waals surface area contributed by atoms with Gasteiger partial charge in [-0.15, -0.1) is 0 Å². The summed E-state index contributed by atoms with van der Waals surface area (Å²) in [7, 11) is 0. The van der Waals surface area contributed by atoms with Crippen LogP contribution in [0.2, 0.25) is 5.02 Å². The van der Waals surface area contributed by atoms with E-state index in [1.165, 1.54) is 12.1 Å². The van der Waals surface area contributed by atoms with Crippen molar-refractivity contribution in [1.82, 2.24) is 15.5 Å². The number of nitrogens with one attached hydrogen (secondary N) is 2. The van der Waals surface area contributed by atoms with Crippen molar-refractivity contribution in [2.45, 2.75) is 19.0 Å². The first kappa shape index (κ1) is 21.4. The molecule has 2 N–H and O–H groups in total. The lowest BCUT2D eigenvalue weighted by molar-refractivity contribution is -0.384. The third-order valence-electron chi connectivity index (χ3n) is 6.70. The van der Waals surface area contributed by atoms with Crippen LogP contribution in [0.5, 0.6) is 0 Å². The molecule has 1 spiro atoms. The number of piperazine rings is 1. The number of halogens is 1. The van der Waals surface area contributed by atoms with Crippen molar-refractivity contribution < 1.29 is 19.3 Å². The number of nitrogens with zero attached hydrogens (tertiary/aromatic N) is 3. The lowest BCUT2D eigenvalue weighted by atomic mass is 9.68. The molecule has 3 aliphatic rings. The molecule has 0 saturated carbocycles. The molecule has 2 aromatic rings. The minimum atomic E-state index is -1.60. The molecule has 170 valence electrons. The number of hydrogen-bond acceptors (Lipinski definition) is 7. The fourth-order valence-corrected chi connectivity index (χ4v) is 5.31. The molecule has 0 aliphatic carbocycles. The van der Waals surface area contributed by atoms with E-state index < -0.39 is 34.2 Å². The second-order valence-electron chi connectivity index (χ2n) is 8.49. The van der Waals surface area contributed by atoms with Gasteiger partial charge in [0.1, 0.15) is 0 Å². The highest BCUT2D eigenvalue weighted by atomic mass is 35.5. The highest BCUT2D eigenvalue weighted by molar-refractivity contribution is 6.31. The number of benzene rings is 2. The largest absolute Gasteiger partial charge is 0.364 e. The topological polar surface area (TPSA) is 125 Å². The number of non-ortho nitro benzene ring substituents is 1. The van der Waals surface area contributed by atoms with Crippen LogP contribution in [0.3, 0.4) is 0 Å². The number of imide groups is 2. The van der Waals surface area contributed by atoms with E-state index in [9.17, 15) is 24.5 Å². The average Bonchev–Trinajstić information content (AvgIpc) is 2.78. The maximum absolute atomic E-state index is 13.2. The molecule has 11 heteroatoms. The Morgan fingerprint density at radius 2 is 1.82 bits per heavy atom. The normalized spacial score (nSPS) is 21.8. The summed E-state index contributed by atoms with van der Waals surface area (Å²) in [6.07, 6.45) is -0.0456. The number of barbiturate groups is 1. The van der Waals surface area contributed by atoms with E-state index in [2.05, 4.69) is 15.5 Å². The first-order valence-electron chi connectivity index (χ1n) is 10.5. The molecule has 3 aliphatic heterocycles. The second-order valence-corrected chi connectivity index (χ2v) is 8.90. The van der Waals surface area contributed by atoms with E-state index in [1.807, 2.05) is 29.2 Å². The molecular formula is C22H20ClN5O5. The smallest absolute Gasteiger partial charge is 0.328 e. The molecule has 0 radical (unpaired) electrons. The molecule has 4 amide bonds. The Balaban J connectivity index is 1.56. The van der Waals surface area contributed by atoms with E-state index in [0.29, 0.717) is 36.8 Å². The molecule has 3 heterocycles. The molecule has 2 fully saturated rings. The number of nitro groups is 1. The van der Waals surface area contributed by atoms with E-state index in [1.54, 1.807) is 6.07 Å². The van der Waals surface area contributed by atoms with Gasteiger partial charge in [-0.1, -0.05) is 29.8 Å². The van der Waals surface area contributed by atoms with Gasteiger partial charge in [0, 0.05) is 55.4 Å². The summed E-state index contributed by atoms with van der Waals surface area (Å²) in [5, 5.41) is 16.4. The Kier molecular flexibility index (Phi) is 5.06. The van der Waals surface area contributed by atoms with Gasteiger partial charge >= 0.3 is 6.03 Å². The van der Waals surface area contributed by atoms with E-state index in [4.69, 9.17) is 11.6 Å². The zero-order valence-corrected chi connectivity index (χ0v) is 18.2. The van der Waals surface area contributed by atoms with Crippen molar-refractivity contribution in [3.63, 3.8) is 0 Å². The van der Waals surface area contributed by atoms with Crippen LogP contribution >= 0.6 is 11.6 Å². The number of urea groups is 1. The number of anilines is 1. The molecular weight excluding hydrogens is 450 g/mol. The van der Waals surface area contributed by atoms with Gasteiger partial charge in [-0.25, -0.2) is 4.79 Å². The van der Waals surface area contributed by atoms with Crippen molar-refractivity contribution in [2.75, 3.05) is 24.5 Å². The van der Waals surface area contributed by atoms with Crippen LogP contribution in [0.1, 0.15) is 11.1 Å². The van der Waals surface area contributed by atoms with Crippen molar-refractivity contribution >= 4 is 40.8 Å². The molecule has 0 bridgehead atoms. The number of hydrogen-bond donors (Lipinski definition) is 2. The summed E-state index contributed by atoms with van der Waals surface area (Å²) in [6, 6.07) is 10.5. The van der Waals surface area contributed by atoms with Gasteiger partial charge in [0.15, 0.2) is 5.41 Å². The molecule has 2 aromatic carbocycles. The first-order chi connectivity index (χ1) is 15.8. The molecule has 1 atom stereocenters. The van der Waals surface area contributed by atoms with Crippen LogP contribution in [-0.4, -0.2) is 53.3 Å². The van der Waals surface area contributed by atoms with Crippen LogP contribution in [0.15, 0.2) is 42.5 Å². The maximum atomic E-state index is 13.2. The maximum Gasteiger partial charge on any atom is 0.328 e. The van der Waals surface area contributed by atoms with Crippen LogP contribution in [0.4, 0.5) is 16.2 Å². The SMILES string of the molecule is O=C1NC(=O)C2(Cc3cc([N+](=O)[O-])ccc3N3CCN(Cc4ccccc4Cl)C[C@H]32)C(=O)N1. The lowest BCUT2D eigenvalue weighted by Gasteiger charge is -2.54. The Morgan fingerprint density at radius 3 is 2.52 bits per heavy atom. The molecule has 0 aromatic heterocycles. The fraction of sp³-hybridized carbons (Fsp3) is 0.318. The number of carbonyl (C=O) groups is 3. The van der Waals surface area contributed by atoms with Crippen molar-refractivity contribution in [3.8, 4) is 0 Å². The van der Waals surface area contributed by atoms with E-state index in [0.717, 1.165) is 11.3 Å². The Morgan fingerprint density at radius 1 is 1.09 bits per heavy atom. The highest BCUT2D eigenvalue weighted by Gasteiger charge is 2.60. The summed E-state index contributed by atoms with van der Waals surface area (Å²) < 4.78 is 0. The molecule has 10 nitrogen and oxygen atoms in total. The summed E-state index contributed by atoms with van der Waals surface area (Å²) in [5.74, 6) is -1.38. The van der Waals surface area contributed by atoms with E-state index in [-0.39, 0.29) is 12.1 Å². The summed E-state index contributed by atoms with van der Waals surface area (Å²) in [4.78, 5) is 53.1. The molecule has 2 saturated heterocycles. The van der Waals surface area contributed by atoms with Crippen LogP contribution < -0.4 is 15.5 Å². The Hall–Kier alpha value is -3.50. The Bertz CT molecular complexity index is 1180. The standard InChI is InChI=1S/C22H20ClN5O5/c23-16-4-2-1-3-13(16)11-26-7-8-27-17-6-5-15(28(32)33)9-14(17)10-22(18(27)12-26)19(29)24-21(31)25-20(22)30/h1-6,9,18H,7-8,10-12H2,(H2,24,25,29,30,31)/t18-/m0/s1. The third kappa shape index (κ3) is 3.42. The summed E-state index contributed by atoms with van der Waals surface area (Å²) in [6.45, 7) is 2.04. The Labute approximate surface area is 193 Å². The number of nitro benzene ring substituents is 1. The zero-order valence-electron chi connectivity index (χ0n) is 17.4. The quantitative estimate of drug-likeness (QED) is 0.399. The number of amides is 4. The molecule has 5 rings (SSSR count). The third-order valence-corrected chi connectivity index (χ3v) is 7.07. The van der Waals surface area contributed by atoms with Gasteiger partial charge in [-0.3, -0.25) is 35.2 Å². The zero-order chi connectivity index (χ0) is 23.3. The minimum Gasteiger partial charge on any atom is -0.364 e. The highest BCUT2D eigenvalue weighted by Crippen LogP contribution is 2.45. The van der Waals surface area contributed by atoms with Gasteiger partial charge < -0.3 is 4.90 Å². The van der Waals surface area contributed by atoms with Crippen LogP contribution in [0.25, 0.3) is 0 Å². The van der Waals surface area contributed by atoms with Crippen LogP contribution in [0, 0.1) is 15.5 Å². The predicted octanol–water partition coefficient (Wildman–Crippen LogP) is 1.85. The van der Waals surface area contributed by atoms with E-state index >= 15 is 0 Å². The van der Waals surface area contributed by atoms with Crippen molar-refractivity contribution in [2.24, 2.45) is 5.41 Å². The summed E-state index contributed by atoms with van der Waals surface area (Å²) in [5.41, 5.74) is 0.495. The molecule has 33 heavy (non-hydrogen) atoms. The van der Waals surface area contributed by atoms with Gasteiger partial charge in [-0.2, -0.15) is 0 Å². The number of fused-ring (bicyclic) bond motifs is 4. The fourth-order valence-electron chi connectivity index (χ4n) is 5.11. The first-order valence-corrected chi connectivity index (χ1v) is 10.8. The summed E-state index contributed by atoms with van der Waals surface area (Å²) >= 11 is 6.33. The monoisotopic (exact) mass is 469 g/mol. The van der Waals surface area contributed by atoms with Crippen molar-refractivity contribution in [1.29, 1.82) is 0 Å². The lowest BCUT2D eigenvalue weighted by Crippen LogP contribution is -2.74. The van der Waals surface area contributed by atoms with Crippen LogP contribution in [-0.2, 0) is 22.6 Å². The number of carbonyl (C=O) groups excluding carboxylic acids is 3. The van der Waals surface area contributed by atoms with Gasteiger partial charge in [-0.05, 0) is 23.3 Å². The molecule has 0 unspecified atom stereocenters. The van der Waals surface area contributed by atoms with Crippen molar-refractivity contribution in [3.05, 3.63) is 68.7 Å². The average molecular weight is 470 g/mol. The minimum absolute atomic E-state index is 0.0456.